The molecular formula is C13H21N3O. The van der Waals surface area contributed by atoms with Crippen molar-refractivity contribution in [2.75, 3.05) is 0 Å². The predicted molar refractivity (Wildman–Crippen MR) is 68.2 cm³/mol. The van der Waals surface area contributed by atoms with E-state index in [-0.39, 0.29) is 17.4 Å². The average molecular weight is 235 g/mol. The average Bonchev–Trinajstić information content (AvgIpc) is 2.27. The van der Waals surface area contributed by atoms with Crippen LogP contribution >= 0.6 is 0 Å². The van der Waals surface area contributed by atoms with Crippen LogP contribution in [0.25, 0.3) is 0 Å². The van der Waals surface area contributed by atoms with Gasteiger partial charge in [0.2, 0.25) is 5.91 Å². The van der Waals surface area contributed by atoms with Crippen LogP contribution in [0, 0.1) is 5.41 Å². The van der Waals surface area contributed by atoms with E-state index in [9.17, 15) is 4.79 Å². The highest BCUT2D eigenvalue weighted by molar-refractivity contribution is 5.82. The predicted octanol–water partition coefficient (Wildman–Crippen LogP) is 1.63. The monoisotopic (exact) mass is 235 g/mol. The Balaban J connectivity index is 2.64. The van der Waals surface area contributed by atoms with Gasteiger partial charge < -0.3 is 11.1 Å². The maximum Gasteiger partial charge on any atom is 0.237 e. The van der Waals surface area contributed by atoms with Crippen LogP contribution < -0.4 is 11.1 Å². The summed E-state index contributed by atoms with van der Waals surface area (Å²) in [6.45, 7) is 7.79. The molecule has 4 nitrogen and oxygen atoms in total. The van der Waals surface area contributed by atoms with Crippen molar-refractivity contribution >= 4 is 5.91 Å². The van der Waals surface area contributed by atoms with E-state index in [1.165, 1.54) is 0 Å². The molecule has 2 atom stereocenters. The second-order valence-electron chi connectivity index (χ2n) is 5.35. The number of amides is 1. The highest BCUT2D eigenvalue weighted by atomic mass is 16.2. The Kier molecular flexibility index (Phi) is 4.23. The maximum absolute atomic E-state index is 11.9. The first kappa shape index (κ1) is 13.6. The van der Waals surface area contributed by atoms with E-state index in [1.807, 2.05) is 39.8 Å². The van der Waals surface area contributed by atoms with Gasteiger partial charge >= 0.3 is 0 Å². The van der Waals surface area contributed by atoms with Gasteiger partial charge in [-0.25, -0.2) is 0 Å². The lowest BCUT2D eigenvalue weighted by Crippen LogP contribution is -2.49. The van der Waals surface area contributed by atoms with Gasteiger partial charge in [-0.1, -0.05) is 20.8 Å². The molecule has 0 aliphatic heterocycles. The van der Waals surface area contributed by atoms with Crippen LogP contribution in [-0.4, -0.2) is 16.9 Å². The van der Waals surface area contributed by atoms with E-state index in [4.69, 9.17) is 5.73 Å². The molecule has 1 unspecified atom stereocenters. The zero-order valence-corrected chi connectivity index (χ0v) is 10.9. The fourth-order valence-electron chi connectivity index (χ4n) is 1.43. The molecule has 0 radical (unpaired) electrons. The maximum atomic E-state index is 11.9. The zero-order chi connectivity index (χ0) is 13.1. The number of aromatic nitrogens is 1. The molecule has 0 aliphatic rings. The Hall–Kier alpha value is -1.42. The van der Waals surface area contributed by atoms with Gasteiger partial charge in [-0.15, -0.1) is 0 Å². The van der Waals surface area contributed by atoms with Gasteiger partial charge in [-0.05, 0) is 30.0 Å². The number of carbonyl (C=O) groups excluding carboxylic acids is 1. The molecular weight excluding hydrogens is 214 g/mol. The summed E-state index contributed by atoms with van der Waals surface area (Å²) in [6.07, 6.45) is 3.42. The molecule has 0 aromatic carbocycles. The first-order valence-corrected chi connectivity index (χ1v) is 5.78. The van der Waals surface area contributed by atoms with Gasteiger partial charge in [0.1, 0.15) is 0 Å². The van der Waals surface area contributed by atoms with E-state index >= 15 is 0 Å². The van der Waals surface area contributed by atoms with Crippen molar-refractivity contribution in [3.05, 3.63) is 30.1 Å². The summed E-state index contributed by atoms with van der Waals surface area (Å²) in [6, 6.07) is 3.20. The largest absolute Gasteiger partial charge is 0.348 e. The van der Waals surface area contributed by atoms with Crippen molar-refractivity contribution in [2.24, 2.45) is 11.1 Å². The van der Waals surface area contributed by atoms with Gasteiger partial charge in [0, 0.05) is 12.4 Å². The quantitative estimate of drug-likeness (QED) is 0.836. The minimum absolute atomic E-state index is 0.0566. The fraction of sp³-hybridized carbons (Fsp3) is 0.538. The van der Waals surface area contributed by atoms with Crippen LogP contribution in [0.15, 0.2) is 24.5 Å². The second-order valence-corrected chi connectivity index (χ2v) is 5.35. The van der Waals surface area contributed by atoms with Crippen molar-refractivity contribution in [1.29, 1.82) is 0 Å². The summed E-state index contributed by atoms with van der Waals surface area (Å²) in [5.74, 6) is -0.123. The van der Waals surface area contributed by atoms with E-state index in [1.54, 1.807) is 12.4 Å². The lowest BCUT2D eigenvalue weighted by atomic mass is 9.87. The van der Waals surface area contributed by atoms with Crippen LogP contribution in [0.2, 0.25) is 0 Å². The van der Waals surface area contributed by atoms with Gasteiger partial charge in [0.05, 0.1) is 12.1 Å². The number of carbonyl (C=O) groups is 1. The molecule has 1 heterocycles. The van der Waals surface area contributed by atoms with Crippen LogP contribution in [0.3, 0.4) is 0 Å². The van der Waals surface area contributed by atoms with Gasteiger partial charge in [-0.3, -0.25) is 9.78 Å². The van der Waals surface area contributed by atoms with Crippen LogP contribution in [-0.2, 0) is 4.79 Å². The second kappa shape index (κ2) is 5.27. The topological polar surface area (TPSA) is 68.0 Å². The van der Waals surface area contributed by atoms with E-state index in [0.717, 1.165) is 5.56 Å². The molecule has 1 aromatic heterocycles. The minimum Gasteiger partial charge on any atom is -0.348 e. The number of hydrogen-bond donors (Lipinski definition) is 2. The Morgan fingerprint density at radius 3 is 2.35 bits per heavy atom. The fourth-order valence-corrected chi connectivity index (χ4v) is 1.43. The smallest absolute Gasteiger partial charge is 0.237 e. The van der Waals surface area contributed by atoms with Crippen LogP contribution in [0.5, 0.6) is 0 Å². The third-order valence-corrected chi connectivity index (χ3v) is 2.78. The normalized spacial score (nSPS) is 15.1. The molecule has 0 saturated carbocycles. The van der Waals surface area contributed by atoms with E-state index < -0.39 is 6.04 Å². The number of hydrogen-bond acceptors (Lipinski definition) is 3. The molecule has 1 rings (SSSR count). The number of rotatable bonds is 3. The molecule has 94 valence electrons. The number of nitrogens with two attached hydrogens (primary N) is 1. The first-order chi connectivity index (χ1) is 7.82. The molecule has 0 bridgehead atoms. The summed E-state index contributed by atoms with van der Waals surface area (Å²) >= 11 is 0. The zero-order valence-electron chi connectivity index (χ0n) is 10.9. The van der Waals surface area contributed by atoms with Crippen molar-refractivity contribution in [2.45, 2.75) is 39.8 Å². The third kappa shape index (κ3) is 3.82. The van der Waals surface area contributed by atoms with Gasteiger partial charge in [0.25, 0.3) is 0 Å². The Morgan fingerprint density at radius 1 is 1.35 bits per heavy atom. The molecule has 1 aromatic rings. The van der Waals surface area contributed by atoms with Crippen LogP contribution in [0.4, 0.5) is 0 Å². The molecule has 17 heavy (non-hydrogen) atoms. The van der Waals surface area contributed by atoms with Crippen molar-refractivity contribution < 1.29 is 4.79 Å². The molecule has 4 heteroatoms. The Labute approximate surface area is 103 Å². The summed E-state index contributed by atoms with van der Waals surface area (Å²) in [4.78, 5) is 15.9. The summed E-state index contributed by atoms with van der Waals surface area (Å²) < 4.78 is 0. The lowest BCUT2D eigenvalue weighted by molar-refractivity contribution is -0.125. The molecule has 1 amide bonds. The van der Waals surface area contributed by atoms with Crippen LogP contribution in [0.1, 0.15) is 39.3 Å². The van der Waals surface area contributed by atoms with Crippen molar-refractivity contribution in [3.8, 4) is 0 Å². The molecule has 0 saturated heterocycles. The summed E-state index contributed by atoms with van der Waals surface area (Å²) in [5.41, 5.74) is 6.68. The molecule has 0 fully saturated rings. The number of pyridine rings is 1. The van der Waals surface area contributed by atoms with Crippen molar-refractivity contribution in [1.82, 2.24) is 10.3 Å². The van der Waals surface area contributed by atoms with E-state index in [0.29, 0.717) is 0 Å². The molecule has 0 spiro atoms. The third-order valence-electron chi connectivity index (χ3n) is 2.78. The van der Waals surface area contributed by atoms with Crippen molar-refractivity contribution in [3.63, 3.8) is 0 Å². The summed E-state index contributed by atoms with van der Waals surface area (Å²) in [5, 5.41) is 2.91. The van der Waals surface area contributed by atoms with Gasteiger partial charge in [-0.2, -0.15) is 0 Å². The Morgan fingerprint density at radius 2 is 1.88 bits per heavy atom. The van der Waals surface area contributed by atoms with E-state index in [2.05, 4.69) is 10.3 Å². The first-order valence-electron chi connectivity index (χ1n) is 5.78. The standard InChI is InChI=1S/C13H21N3O/c1-9(10-5-7-15-8-6-10)16-12(17)11(14)13(2,3)4/h5-9,11H,14H2,1-4H3,(H,16,17)/t9-,11?/m0/s1. The molecule has 3 N–H and O–H groups in total. The highest BCUT2D eigenvalue weighted by Gasteiger charge is 2.28. The lowest BCUT2D eigenvalue weighted by Gasteiger charge is -2.27. The number of nitrogens with one attached hydrogen (secondary N) is 1. The minimum atomic E-state index is -0.508. The van der Waals surface area contributed by atoms with Gasteiger partial charge in [0.15, 0.2) is 0 Å². The highest BCUT2D eigenvalue weighted by Crippen LogP contribution is 2.18. The summed E-state index contributed by atoms with van der Waals surface area (Å²) in [7, 11) is 0. The Bertz CT molecular complexity index is 370. The molecule has 0 aliphatic carbocycles. The number of nitrogens with zero attached hydrogens (tertiary/aromatic N) is 1. The SMILES string of the molecule is C[C@H](NC(=O)C(N)C(C)(C)C)c1ccncc1.